The summed E-state index contributed by atoms with van der Waals surface area (Å²) in [5.74, 6) is -0.837. The molecule has 0 atom stereocenters. The fourth-order valence-electron chi connectivity index (χ4n) is 2.32. The highest BCUT2D eigenvalue weighted by Gasteiger charge is 2.14. The molecule has 8 heteroatoms. The monoisotopic (exact) mass is 446 g/mol. The first kappa shape index (κ1) is 20.9. The summed E-state index contributed by atoms with van der Waals surface area (Å²) in [6, 6.07) is 17.5. The molecule has 0 aliphatic rings. The van der Waals surface area contributed by atoms with E-state index < -0.39 is 11.9 Å². The van der Waals surface area contributed by atoms with Crippen LogP contribution in [0.2, 0.25) is 15.1 Å². The molecule has 1 amide bonds. The number of esters is 1. The van der Waals surface area contributed by atoms with E-state index in [4.69, 9.17) is 39.5 Å². The maximum atomic E-state index is 12.4. The Morgan fingerprint density at radius 3 is 2.31 bits per heavy atom. The van der Waals surface area contributed by atoms with Gasteiger partial charge in [-0.05, 0) is 54.6 Å². The Kier molecular flexibility index (Phi) is 6.88. The molecule has 29 heavy (non-hydrogen) atoms. The first-order chi connectivity index (χ1) is 13.9. The molecule has 0 saturated carbocycles. The van der Waals surface area contributed by atoms with Crippen molar-refractivity contribution in [3.05, 3.63) is 98.5 Å². The molecule has 0 spiro atoms. The van der Waals surface area contributed by atoms with E-state index >= 15 is 0 Å². The number of rotatable bonds is 5. The lowest BCUT2D eigenvalue weighted by Crippen LogP contribution is -2.17. The van der Waals surface area contributed by atoms with Crippen LogP contribution in [0.3, 0.4) is 0 Å². The molecule has 0 heterocycles. The Labute approximate surface area is 181 Å². The van der Waals surface area contributed by atoms with Crippen molar-refractivity contribution in [2.24, 2.45) is 5.10 Å². The number of carbonyl (C=O) groups excluding carboxylic acids is 2. The molecule has 0 saturated heterocycles. The van der Waals surface area contributed by atoms with Crippen LogP contribution in [-0.4, -0.2) is 18.1 Å². The molecule has 0 aliphatic carbocycles. The SMILES string of the molecule is O=C(N/N=C/c1cc(Cl)ccc1OC(=O)c1ccccc1Cl)c1ccc(Cl)cc1. The van der Waals surface area contributed by atoms with E-state index in [1.54, 1.807) is 60.7 Å². The Morgan fingerprint density at radius 1 is 0.897 bits per heavy atom. The van der Waals surface area contributed by atoms with E-state index in [2.05, 4.69) is 10.5 Å². The molecular weight excluding hydrogens is 435 g/mol. The Hall–Kier alpha value is -2.86. The summed E-state index contributed by atoms with van der Waals surface area (Å²) in [4.78, 5) is 24.5. The van der Waals surface area contributed by atoms with Crippen molar-refractivity contribution < 1.29 is 14.3 Å². The fraction of sp³-hybridized carbons (Fsp3) is 0. The van der Waals surface area contributed by atoms with Crippen molar-refractivity contribution >= 4 is 52.9 Å². The van der Waals surface area contributed by atoms with Gasteiger partial charge in [0.05, 0.1) is 16.8 Å². The highest BCUT2D eigenvalue weighted by atomic mass is 35.5. The minimum absolute atomic E-state index is 0.212. The number of ether oxygens (including phenoxy) is 1. The van der Waals surface area contributed by atoms with Crippen LogP contribution < -0.4 is 10.2 Å². The third kappa shape index (κ3) is 5.57. The second-order valence-electron chi connectivity index (χ2n) is 5.76. The predicted molar refractivity (Wildman–Crippen MR) is 114 cm³/mol. The second kappa shape index (κ2) is 9.56. The van der Waals surface area contributed by atoms with Crippen LogP contribution in [0.15, 0.2) is 71.8 Å². The zero-order valence-corrected chi connectivity index (χ0v) is 17.0. The topological polar surface area (TPSA) is 67.8 Å². The van der Waals surface area contributed by atoms with Crippen molar-refractivity contribution in [3.63, 3.8) is 0 Å². The van der Waals surface area contributed by atoms with E-state index in [-0.39, 0.29) is 16.3 Å². The smallest absolute Gasteiger partial charge is 0.345 e. The Morgan fingerprint density at radius 2 is 1.59 bits per heavy atom. The number of hydrazone groups is 1. The standard InChI is InChI=1S/C21H13Cl3N2O3/c22-15-7-5-13(6-8-15)20(27)26-25-12-14-11-16(23)9-10-19(14)29-21(28)17-3-1-2-4-18(17)24/h1-12H,(H,26,27)/b25-12+. The minimum Gasteiger partial charge on any atom is -0.422 e. The number of hydrogen-bond acceptors (Lipinski definition) is 4. The largest absolute Gasteiger partial charge is 0.422 e. The molecule has 0 aliphatic heterocycles. The summed E-state index contributed by atoms with van der Waals surface area (Å²) in [6.07, 6.45) is 1.33. The van der Waals surface area contributed by atoms with Crippen LogP contribution >= 0.6 is 34.8 Å². The van der Waals surface area contributed by atoms with Gasteiger partial charge in [0.2, 0.25) is 0 Å². The third-order valence-corrected chi connectivity index (χ3v) is 4.56. The summed E-state index contributed by atoms with van der Waals surface area (Å²) in [6.45, 7) is 0. The molecule has 3 aromatic rings. The van der Waals surface area contributed by atoms with Gasteiger partial charge in [0, 0.05) is 21.2 Å². The highest BCUT2D eigenvalue weighted by Crippen LogP contribution is 2.24. The van der Waals surface area contributed by atoms with Gasteiger partial charge in [-0.1, -0.05) is 46.9 Å². The lowest BCUT2D eigenvalue weighted by Gasteiger charge is -2.09. The van der Waals surface area contributed by atoms with E-state index in [0.717, 1.165) is 0 Å². The average Bonchev–Trinajstić information content (AvgIpc) is 2.70. The van der Waals surface area contributed by atoms with E-state index in [1.165, 1.54) is 12.3 Å². The van der Waals surface area contributed by atoms with Crippen LogP contribution in [0.5, 0.6) is 5.75 Å². The van der Waals surface area contributed by atoms with E-state index in [1.807, 2.05) is 0 Å². The van der Waals surface area contributed by atoms with Gasteiger partial charge in [-0.15, -0.1) is 0 Å². The van der Waals surface area contributed by atoms with Crippen molar-refractivity contribution in [2.45, 2.75) is 0 Å². The lowest BCUT2D eigenvalue weighted by atomic mass is 10.2. The minimum atomic E-state index is -0.627. The number of halogens is 3. The van der Waals surface area contributed by atoms with Crippen molar-refractivity contribution in [2.75, 3.05) is 0 Å². The fourth-order valence-corrected chi connectivity index (χ4v) is 2.84. The van der Waals surface area contributed by atoms with Gasteiger partial charge in [0.25, 0.3) is 5.91 Å². The highest BCUT2D eigenvalue weighted by molar-refractivity contribution is 6.33. The van der Waals surface area contributed by atoms with Gasteiger partial charge in [0.1, 0.15) is 5.75 Å². The summed E-state index contributed by atoms with van der Waals surface area (Å²) in [5, 5.41) is 5.11. The number of benzene rings is 3. The van der Waals surface area contributed by atoms with Crippen LogP contribution in [0.25, 0.3) is 0 Å². The first-order valence-electron chi connectivity index (χ1n) is 8.29. The van der Waals surface area contributed by atoms with Crippen LogP contribution in [-0.2, 0) is 0 Å². The first-order valence-corrected chi connectivity index (χ1v) is 9.42. The number of nitrogens with zero attached hydrogens (tertiary/aromatic N) is 1. The molecular formula is C21H13Cl3N2O3. The lowest BCUT2D eigenvalue weighted by molar-refractivity contribution is 0.0734. The maximum Gasteiger partial charge on any atom is 0.345 e. The maximum absolute atomic E-state index is 12.4. The van der Waals surface area contributed by atoms with Crippen LogP contribution in [0, 0.1) is 0 Å². The van der Waals surface area contributed by atoms with Crippen molar-refractivity contribution in [1.29, 1.82) is 0 Å². The van der Waals surface area contributed by atoms with Crippen molar-refractivity contribution in [1.82, 2.24) is 5.43 Å². The van der Waals surface area contributed by atoms with Gasteiger partial charge in [-0.3, -0.25) is 4.79 Å². The molecule has 5 nitrogen and oxygen atoms in total. The molecule has 146 valence electrons. The van der Waals surface area contributed by atoms with E-state index in [9.17, 15) is 9.59 Å². The Balaban J connectivity index is 1.75. The van der Waals surface area contributed by atoms with E-state index in [0.29, 0.717) is 21.2 Å². The molecule has 0 bridgehead atoms. The summed E-state index contributed by atoms with van der Waals surface area (Å²) in [7, 11) is 0. The zero-order valence-electron chi connectivity index (χ0n) is 14.7. The molecule has 0 unspecified atom stereocenters. The predicted octanol–water partition coefficient (Wildman–Crippen LogP) is 5.63. The zero-order chi connectivity index (χ0) is 20.8. The van der Waals surface area contributed by atoms with Gasteiger partial charge >= 0.3 is 5.97 Å². The summed E-state index contributed by atoms with van der Waals surface area (Å²) >= 11 is 17.9. The van der Waals surface area contributed by atoms with Gasteiger partial charge in [-0.2, -0.15) is 5.10 Å². The summed E-state index contributed by atoms with van der Waals surface area (Å²) in [5.41, 5.74) is 3.40. The number of carbonyl (C=O) groups is 2. The number of hydrogen-bond donors (Lipinski definition) is 1. The Bertz CT molecular complexity index is 1080. The number of amides is 1. The third-order valence-electron chi connectivity index (χ3n) is 3.74. The van der Waals surface area contributed by atoms with Crippen LogP contribution in [0.1, 0.15) is 26.3 Å². The quantitative estimate of drug-likeness (QED) is 0.238. The van der Waals surface area contributed by atoms with Gasteiger partial charge in [0.15, 0.2) is 0 Å². The molecule has 3 rings (SSSR count). The second-order valence-corrected chi connectivity index (χ2v) is 7.04. The molecule has 0 radical (unpaired) electrons. The normalized spacial score (nSPS) is 10.7. The average molecular weight is 448 g/mol. The molecule has 0 aromatic heterocycles. The van der Waals surface area contributed by atoms with Crippen LogP contribution in [0.4, 0.5) is 0 Å². The van der Waals surface area contributed by atoms with Crippen molar-refractivity contribution in [3.8, 4) is 5.75 Å². The van der Waals surface area contributed by atoms with Gasteiger partial charge < -0.3 is 4.74 Å². The molecule has 3 aromatic carbocycles. The summed E-state index contributed by atoms with van der Waals surface area (Å²) < 4.78 is 5.42. The molecule has 0 fully saturated rings. The van der Waals surface area contributed by atoms with Gasteiger partial charge in [-0.25, -0.2) is 10.2 Å². The molecule has 1 N–H and O–H groups in total. The number of nitrogens with one attached hydrogen (secondary N) is 1.